The average Bonchev–Trinajstić information content (AvgIpc) is 2.93. The maximum atomic E-state index is 12.8. The number of hydrogen-bond acceptors (Lipinski definition) is 3. The third-order valence-corrected chi connectivity index (χ3v) is 6.69. The molecule has 0 amide bonds. The van der Waals surface area contributed by atoms with E-state index in [9.17, 15) is 8.42 Å². The number of sulfonamides is 1. The van der Waals surface area contributed by atoms with E-state index in [0.29, 0.717) is 23.3 Å². The molecule has 1 aromatic carbocycles. The van der Waals surface area contributed by atoms with Gasteiger partial charge in [-0.3, -0.25) is 0 Å². The second-order valence-electron chi connectivity index (χ2n) is 6.03. The molecule has 19 heavy (non-hydrogen) atoms. The van der Waals surface area contributed by atoms with Crippen molar-refractivity contribution in [3.63, 3.8) is 0 Å². The van der Waals surface area contributed by atoms with Crippen LogP contribution in [0.2, 0.25) is 0 Å². The fraction of sp³-hybridized carbons (Fsp3) is 0.571. The highest BCUT2D eigenvalue weighted by molar-refractivity contribution is 7.89. The van der Waals surface area contributed by atoms with Gasteiger partial charge in [0.05, 0.1) is 4.90 Å². The number of benzene rings is 1. The predicted octanol–water partition coefficient (Wildman–Crippen LogP) is 1.31. The van der Waals surface area contributed by atoms with E-state index < -0.39 is 10.0 Å². The van der Waals surface area contributed by atoms with Gasteiger partial charge >= 0.3 is 0 Å². The van der Waals surface area contributed by atoms with Gasteiger partial charge in [-0.2, -0.15) is 4.31 Å². The van der Waals surface area contributed by atoms with Gasteiger partial charge in [-0.15, -0.1) is 0 Å². The first-order chi connectivity index (χ1) is 8.94. The van der Waals surface area contributed by atoms with E-state index in [0.717, 1.165) is 13.1 Å². The van der Waals surface area contributed by atoms with Crippen LogP contribution < -0.4 is 5.32 Å². The van der Waals surface area contributed by atoms with Crippen LogP contribution in [0.3, 0.4) is 0 Å². The molecule has 5 heteroatoms. The number of rotatable bonds is 2. The fourth-order valence-corrected chi connectivity index (χ4v) is 5.41. The Hall–Kier alpha value is -0.910. The maximum Gasteiger partial charge on any atom is 0.243 e. The first-order valence-corrected chi connectivity index (χ1v) is 8.16. The van der Waals surface area contributed by atoms with Crippen LogP contribution in [0.4, 0.5) is 0 Å². The fourth-order valence-electron chi connectivity index (χ4n) is 3.51. The maximum absolute atomic E-state index is 12.8. The molecular formula is C14H20N2O2S. The van der Waals surface area contributed by atoms with Crippen LogP contribution in [-0.4, -0.2) is 37.9 Å². The summed E-state index contributed by atoms with van der Waals surface area (Å²) in [5.74, 6) is 0.847. The second-order valence-corrected chi connectivity index (χ2v) is 7.89. The van der Waals surface area contributed by atoms with Crippen molar-refractivity contribution in [2.75, 3.05) is 19.6 Å². The van der Waals surface area contributed by atoms with Crippen LogP contribution in [0.5, 0.6) is 0 Å². The normalized spacial score (nSPS) is 30.4. The Balaban J connectivity index is 1.99. The Labute approximate surface area is 114 Å². The first-order valence-electron chi connectivity index (χ1n) is 6.72. The van der Waals surface area contributed by atoms with Crippen molar-refractivity contribution in [2.45, 2.75) is 24.3 Å². The van der Waals surface area contributed by atoms with E-state index in [4.69, 9.17) is 0 Å². The average molecular weight is 280 g/mol. The molecule has 2 aliphatic heterocycles. The number of hydrogen-bond donors (Lipinski definition) is 1. The quantitative estimate of drug-likeness (QED) is 0.888. The summed E-state index contributed by atoms with van der Waals surface area (Å²) >= 11 is 0. The molecule has 1 aromatic rings. The molecule has 2 unspecified atom stereocenters. The van der Waals surface area contributed by atoms with Crippen LogP contribution in [-0.2, 0) is 10.0 Å². The van der Waals surface area contributed by atoms with Crippen molar-refractivity contribution in [1.29, 1.82) is 0 Å². The molecule has 3 rings (SSSR count). The highest BCUT2D eigenvalue weighted by atomic mass is 32.2. The highest BCUT2D eigenvalue weighted by Gasteiger charge is 2.53. The Morgan fingerprint density at radius 2 is 1.89 bits per heavy atom. The smallest absolute Gasteiger partial charge is 0.243 e. The standard InChI is InChI=1S/C14H20N2O2S/c1-14(2)13-9-15-8-11(13)10-16(14)19(17,18)12-6-4-3-5-7-12/h3-7,11,13,15H,8-10H2,1-2H3. The highest BCUT2D eigenvalue weighted by Crippen LogP contribution is 2.43. The van der Waals surface area contributed by atoms with Crippen molar-refractivity contribution in [1.82, 2.24) is 9.62 Å². The van der Waals surface area contributed by atoms with Crippen LogP contribution in [0, 0.1) is 11.8 Å². The van der Waals surface area contributed by atoms with Gasteiger partial charge in [0.1, 0.15) is 0 Å². The van der Waals surface area contributed by atoms with Crippen molar-refractivity contribution in [3.05, 3.63) is 30.3 Å². The number of fused-ring (bicyclic) bond motifs is 1. The summed E-state index contributed by atoms with van der Waals surface area (Å²) in [4.78, 5) is 0.399. The summed E-state index contributed by atoms with van der Waals surface area (Å²) in [6.07, 6.45) is 0. The second kappa shape index (κ2) is 4.30. The Kier molecular flexibility index (Phi) is 2.96. The van der Waals surface area contributed by atoms with Gasteiger partial charge in [-0.25, -0.2) is 8.42 Å². The van der Waals surface area contributed by atoms with Gasteiger partial charge in [-0.1, -0.05) is 18.2 Å². The van der Waals surface area contributed by atoms with Crippen LogP contribution in [0.25, 0.3) is 0 Å². The van der Waals surface area contributed by atoms with Gasteiger partial charge < -0.3 is 5.32 Å². The SMILES string of the molecule is CC1(C)C2CNCC2CN1S(=O)(=O)c1ccccc1. The van der Waals surface area contributed by atoms with E-state index in [1.54, 1.807) is 28.6 Å². The molecule has 104 valence electrons. The van der Waals surface area contributed by atoms with Gasteiger partial charge in [0.2, 0.25) is 10.0 Å². The summed E-state index contributed by atoms with van der Waals surface area (Å²) in [5.41, 5.74) is -0.317. The molecule has 0 spiro atoms. The lowest BCUT2D eigenvalue weighted by Crippen LogP contribution is -2.47. The van der Waals surface area contributed by atoms with E-state index in [1.807, 2.05) is 19.9 Å². The molecule has 0 aromatic heterocycles. The zero-order valence-electron chi connectivity index (χ0n) is 11.3. The summed E-state index contributed by atoms with van der Waals surface area (Å²) < 4.78 is 27.3. The monoisotopic (exact) mass is 280 g/mol. The topological polar surface area (TPSA) is 49.4 Å². The summed E-state index contributed by atoms with van der Waals surface area (Å²) in [7, 11) is -3.38. The Morgan fingerprint density at radius 3 is 2.53 bits per heavy atom. The molecule has 2 aliphatic rings. The van der Waals surface area contributed by atoms with Crippen molar-refractivity contribution in [3.8, 4) is 0 Å². The van der Waals surface area contributed by atoms with Gasteiger partial charge in [-0.05, 0) is 44.4 Å². The van der Waals surface area contributed by atoms with Gasteiger partial charge in [0, 0.05) is 18.6 Å². The molecule has 2 heterocycles. The third-order valence-electron chi connectivity index (χ3n) is 4.62. The molecule has 2 atom stereocenters. The van der Waals surface area contributed by atoms with Crippen LogP contribution >= 0.6 is 0 Å². The van der Waals surface area contributed by atoms with E-state index >= 15 is 0 Å². The largest absolute Gasteiger partial charge is 0.316 e. The summed E-state index contributed by atoms with van der Waals surface area (Å²) in [6, 6.07) is 8.75. The van der Waals surface area contributed by atoms with Crippen molar-refractivity contribution in [2.24, 2.45) is 11.8 Å². The van der Waals surface area contributed by atoms with E-state index in [2.05, 4.69) is 5.32 Å². The van der Waals surface area contributed by atoms with E-state index in [1.165, 1.54) is 0 Å². The molecule has 1 N–H and O–H groups in total. The zero-order chi connectivity index (χ0) is 13.7. The first kappa shape index (κ1) is 13.1. The molecule has 4 nitrogen and oxygen atoms in total. The molecule has 2 fully saturated rings. The lowest BCUT2D eigenvalue weighted by atomic mass is 9.85. The lowest BCUT2D eigenvalue weighted by Gasteiger charge is -2.34. The Bertz CT molecular complexity index is 568. The van der Waals surface area contributed by atoms with E-state index in [-0.39, 0.29) is 5.54 Å². The predicted molar refractivity (Wildman–Crippen MR) is 74.3 cm³/mol. The molecule has 2 saturated heterocycles. The van der Waals surface area contributed by atoms with Crippen molar-refractivity contribution >= 4 is 10.0 Å². The summed E-state index contributed by atoms with van der Waals surface area (Å²) in [5, 5.41) is 3.37. The van der Waals surface area contributed by atoms with Crippen molar-refractivity contribution < 1.29 is 8.42 Å². The van der Waals surface area contributed by atoms with Gasteiger partial charge in [0.25, 0.3) is 0 Å². The molecular weight excluding hydrogens is 260 g/mol. The van der Waals surface area contributed by atoms with Gasteiger partial charge in [0.15, 0.2) is 0 Å². The minimum absolute atomic E-state index is 0.317. The minimum atomic E-state index is -3.38. The number of nitrogens with zero attached hydrogens (tertiary/aromatic N) is 1. The van der Waals surface area contributed by atoms with Crippen LogP contribution in [0.1, 0.15) is 13.8 Å². The Morgan fingerprint density at radius 1 is 1.21 bits per heavy atom. The third kappa shape index (κ3) is 1.91. The lowest BCUT2D eigenvalue weighted by molar-refractivity contribution is 0.233. The zero-order valence-corrected chi connectivity index (χ0v) is 12.2. The summed E-state index contributed by atoms with van der Waals surface area (Å²) in [6.45, 7) is 6.56. The number of nitrogens with one attached hydrogen (secondary N) is 1. The van der Waals surface area contributed by atoms with Crippen LogP contribution in [0.15, 0.2) is 35.2 Å². The molecule has 0 radical (unpaired) electrons. The molecule has 0 bridgehead atoms. The molecule has 0 saturated carbocycles. The molecule has 0 aliphatic carbocycles. The minimum Gasteiger partial charge on any atom is -0.316 e.